The minimum absolute atomic E-state index is 0.0627. The van der Waals surface area contributed by atoms with Crippen molar-refractivity contribution in [2.45, 2.75) is 31.4 Å². The Bertz CT molecular complexity index is 1620. The molecule has 0 aliphatic carbocycles. The van der Waals surface area contributed by atoms with Crippen molar-refractivity contribution in [3.8, 4) is 17.6 Å². The third-order valence-electron chi connectivity index (χ3n) is 7.55. The fourth-order valence-corrected chi connectivity index (χ4v) is 5.25. The summed E-state index contributed by atoms with van der Waals surface area (Å²) < 4.78 is 72.3. The van der Waals surface area contributed by atoms with E-state index in [4.69, 9.17) is 19.3 Å². The minimum Gasteiger partial charge on any atom is -0.495 e. The van der Waals surface area contributed by atoms with E-state index in [9.17, 15) is 27.2 Å². The Morgan fingerprint density at radius 3 is 2.60 bits per heavy atom. The van der Waals surface area contributed by atoms with Gasteiger partial charge in [-0.1, -0.05) is 12.0 Å². The number of aliphatic carboxylic acids is 1. The Hall–Kier alpha value is -4.52. The summed E-state index contributed by atoms with van der Waals surface area (Å²) in [5, 5.41) is 18.0. The van der Waals surface area contributed by atoms with Gasteiger partial charge in [-0.2, -0.15) is 13.2 Å². The van der Waals surface area contributed by atoms with Gasteiger partial charge in [-0.25, -0.2) is 9.18 Å². The van der Waals surface area contributed by atoms with Crippen molar-refractivity contribution >= 4 is 34.2 Å². The predicted molar refractivity (Wildman–Crippen MR) is 172 cm³/mol. The molecule has 0 spiro atoms. The zero-order valence-electron chi connectivity index (χ0n) is 26.7. The Morgan fingerprint density at radius 2 is 1.88 bits per heavy atom. The number of amides is 1. The SMILES string of the molecule is COc1cc(C(=O)NCCOCCOCC(=O)O)ccc1NCC#Cc1cc2c(N[C@@H]3CCN(C)C[C@@H]3F)cccc2n1CC(F)(F)F. The van der Waals surface area contributed by atoms with Crippen LogP contribution in [0.2, 0.25) is 0 Å². The molecule has 0 radical (unpaired) electrons. The maximum Gasteiger partial charge on any atom is 0.406 e. The van der Waals surface area contributed by atoms with Gasteiger partial charge in [0.15, 0.2) is 0 Å². The molecular formula is C33H39F4N5O6. The molecule has 2 aromatic carbocycles. The van der Waals surface area contributed by atoms with Crippen molar-refractivity contribution in [1.29, 1.82) is 0 Å². The van der Waals surface area contributed by atoms with Crippen LogP contribution in [0.1, 0.15) is 22.5 Å². The quantitative estimate of drug-likeness (QED) is 0.107. The van der Waals surface area contributed by atoms with Crippen LogP contribution in [0.4, 0.5) is 28.9 Å². The Balaban J connectivity index is 1.39. The number of aromatic nitrogens is 1. The average Bonchev–Trinajstić information content (AvgIpc) is 3.38. The summed E-state index contributed by atoms with van der Waals surface area (Å²) in [6, 6.07) is 10.8. The molecule has 1 saturated heterocycles. The van der Waals surface area contributed by atoms with Crippen LogP contribution >= 0.6 is 0 Å². The van der Waals surface area contributed by atoms with E-state index >= 15 is 0 Å². The number of carboxylic acid groups (broad SMARTS) is 1. The van der Waals surface area contributed by atoms with Gasteiger partial charge in [0.25, 0.3) is 5.91 Å². The Kier molecular flexibility index (Phi) is 12.9. The van der Waals surface area contributed by atoms with E-state index in [1.165, 1.54) is 13.2 Å². The number of hydrogen-bond acceptors (Lipinski definition) is 8. The van der Waals surface area contributed by atoms with Crippen LogP contribution in [0.5, 0.6) is 5.75 Å². The molecule has 3 aromatic rings. The summed E-state index contributed by atoms with van der Waals surface area (Å²) >= 11 is 0. The summed E-state index contributed by atoms with van der Waals surface area (Å²) in [6.45, 7) is 0.122. The van der Waals surface area contributed by atoms with Crippen molar-refractivity contribution in [2.24, 2.45) is 0 Å². The lowest BCUT2D eigenvalue weighted by atomic mass is 10.0. The zero-order chi connectivity index (χ0) is 34.7. The molecule has 1 amide bonds. The van der Waals surface area contributed by atoms with Gasteiger partial charge in [-0.15, -0.1) is 0 Å². The van der Waals surface area contributed by atoms with E-state index in [0.717, 1.165) is 4.57 Å². The number of nitrogens with one attached hydrogen (secondary N) is 3. The number of piperidine rings is 1. The standard InChI is InChI=1S/C33H39F4N5O6/c1-41-13-10-27(25(34)19-41)40-26-6-3-7-29-24(26)18-23(42(29)21-33(35,36)37)5-4-11-38-28-9-8-22(17-30(28)46-2)32(45)39-12-14-47-15-16-48-20-31(43)44/h3,6-9,17-18,25,27,38,40H,10-16,19-21H2,1-2H3,(H,39,45)(H,43,44)/t25-,27+/m0/s1. The van der Waals surface area contributed by atoms with Crippen LogP contribution in [0, 0.1) is 11.8 Å². The first-order valence-electron chi connectivity index (χ1n) is 15.3. The number of fused-ring (bicyclic) bond motifs is 1. The summed E-state index contributed by atoms with van der Waals surface area (Å²) in [4.78, 5) is 24.9. The molecule has 1 aliphatic rings. The van der Waals surface area contributed by atoms with Crippen LogP contribution in [0.3, 0.4) is 0 Å². The number of ether oxygens (including phenoxy) is 3. The predicted octanol–water partition coefficient (Wildman–Crippen LogP) is 3.98. The number of methoxy groups -OCH3 is 1. The number of carbonyl (C=O) groups is 2. The number of nitrogens with zero attached hydrogens (tertiary/aromatic N) is 2. The lowest BCUT2D eigenvalue weighted by Crippen LogP contribution is -2.46. The minimum atomic E-state index is -4.49. The molecular weight excluding hydrogens is 638 g/mol. The largest absolute Gasteiger partial charge is 0.495 e. The highest BCUT2D eigenvalue weighted by Crippen LogP contribution is 2.32. The average molecular weight is 678 g/mol. The molecule has 2 atom stereocenters. The van der Waals surface area contributed by atoms with Crippen molar-refractivity contribution in [3.05, 3.63) is 53.7 Å². The van der Waals surface area contributed by atoms with Gasteiger partial charge in [0.05, 0.1) is 56.4 Å². The van der Waals surface area contributed by atoms with E-state index in [-0.39, 0.29) is 51.1 Å². The number of carbonyl (C=O) groups excluding carboxylic acids is 1. The highest BCUT2D eigenvalue weighted by atomic mass is 19.4. The topological polar surface area (TPSA) is 126 Å². The summed E-state index contributed by atoms with van der Waals surface area (Å²) in [6.07, 6.45) is -5.05. The number of rotatable bonds is 15. The van der Waals surface area contributed by atoms with Crippen LogP contribution in [-0.4, -0.2) is 112 Å². The monoisotopic (exact) mass is 677 g/mol. The van der Waals surface area contributed by atoms with Crippen LogP contribution < -0.4 is 20.7 Å². The molecule has 11 nitrogen and oxygen atoms in total. The first kappa shape index (κ1) is 36.3. The van der Waals surface area contributed by atoms with Crippen LogP contribution in [0.25, 0.3) is 10.9 Å². The van der Waals surface area contributed by atoms with E-state index in [1.54, 1.807) is 36.4 Å². The Labute approximate surface area is 275 Å². The molecule has 4 N–H and O–H groups in total. The second kappa shape index (κ2) is 17.0. The maximum atomic E-state index is 14.7. The number of likely N-dealkylation sites (tertiary alicyclic amines) is 1. The molecule has 1 aromatic heterocycles. The fourth-order valence-electron chi connectivity index (χ4n) is 5.25. The van der Waals surface area contributed by atoms with Crippen molar-refractivity contribution in [1.82, 2.24) is 14.8 Å². The molecule has 2 heterocycles. The van der Waals surface area contributed by atoms with Crippen molar-refractivity contribution in [3.63, 3.8) is 0 Å². The zero-order valence-corrected chi connectivity index (χ0v) is 26.7. The van der Waals surface area contributed by atoms with Gasteiger partial charge in [0.2, 0.25) is 0 Å². The molecule has 1 fully saturated rings. The van der Waals surface area contributed by atoms with Gasteiger partial charge in [-0.3, -0.25) is 4.79 Å². The fraction of sp³-hybridized carbons (Fsp3) is 0.455. The van der Waals surface area contributed by atoms with Crippen LogP contribution in [0.15, 0.2) is 42.5 Å². The second-order valence-corrected chi connectivity index (χ2v) is 11.2. The molecule has 4 rings (SSSR count). The third kappa shape index (κ3) is 10.5. The van der Waals surface area contributed by atoms with Gasteiger partial charge in [0, 0.05) is 36.3 Å². The molecule has 0 bridgehead atoms. The number of hydrogen-bond donors (Lipinski definition) is 4. The van der Waals surface area contributed by atoms with Gasteiger partial charge in [-0.05, 0) is 55.8 Å². The first-order valence-corrected chi connectivity index (χ1v) is 15.3. The molecule has 260 valence electrons. The van der Waals surface area contributed by atoms with Crippen molar-refractivity contribution in [2.75, 3.05) is 77.4 Å². The molecule has 1 aliphatic heterocycles. The molecule has 0 saturated carbocycles. The lowest BCUT2D eigenvalue weighted by molar-refractivity contribution is -0.143. The highest BCUT2D eigenvalue weighted by Gasteiger charge is 2.31. The highest BCUT2D eigenvalue weighted by molar-refractivity contribution is 5.95. The summed E-state index contributed by atoms with van der Waals surface area (Å²) in [5.74, 6) is 4.65. The number of halogens is 4. The van der Waals surface area contributed by atoms with Crippen LogP contribution in [-0.2, 0) is 20.8 Å². The van der Waals surface area contributed by atoms with Gasteiger partial charge in [0.1, 0.15) is 25.1 Å². The number of benzene rings is 2. The molecule has 0 unspecified atom stereocenters. The third-order valence-corrected chi connectivity index (χ3v) is 7.55. The summed E-state index contributed by atoms with van der Waals surface area (Å²) in [5.41, 5.74) is 1.90. The maximum absolute atomic E-state index is 14.7. The smallest absolute Gasteiger partial charge is 0.406 e. The number of alkyl halides is 4. The van der Waals surface area contributed by atoms with E-state index < -0.39 is 37.5 Å². The second-order valence-electron chi connectivity index (χ2n) is 11.2. The van der Waals surface area contributed by atoms with E-state index in [2.05, 4.69) is 27.8 Å². The molecule has 15 heteroatoms. The lowest BCUT2D eigenvalue weighted by Gasteiger charge is -2.33. The number of anilines is 2. The Morgan fingerprint density at radius 1 is 1.08 bits per heavy atom. The van der Waals surface area contributed by atoms with E-state index in [1.807, 2.05) is 11.9 Å². The number of carboxylic acids is 1. The first-order chi connectivity index (χ1) is 22.9. The van der Waals surface area contributed by atoms with E-state index in [0.29, 0.717) is 46.6 Å². The van der Waals surface area contributed by atoms with Gasteiger partial charge >= 0.3 is 12.1 Å². The van der Waals surface area contributed by atoms with Crippen molar-refractivity contribution < 1.29 is 46.5 Å². The normalized spacial score (nSPS) is 16.6. The van der Waals surface area contributed by atoms with Gasteiger partial charge < -0.3 is 44.7 Å². The summed E-state index contributed by atoms with van der Waals surface area (Å²) in [7, 11) is 3.28. The molecule has 48 heavy (non-hydrogen) atoms.